The zero-order chi connectivity index (χ0) is 13.5. The number of aryl methyl sites for hydroxylation is 1. The summed E-state index contributed by atoms with van der Waals surface area (Å²) in [4.78, 5) is 0. The normalized spacial score (nSPS) is 18.6. The lowest BCUT2D eigenvalue weighted by Crippen LogP contribution is -2.34. The maximum atomic E-state index is 5.48. The van der Waals surface area contributed by atoms with Gasteiger partial charge in [-0.15, -0.1) is 5.10 Å². The molecule has 0 radical (unpaired) electrons. The van der Waals surface area contributed by atoms with E-state index >= 15 is 0 Å². The Labute approximate surface area is 115 Å². The monoisotopic (exact) mass is 266 g/mol. The van der Waals surface area contributed by atoms with Gasteiger partial charge in [0.25, 0.3) is 0 Å². The summed E-state index contributed by atoms with van der Waals surface area (Å²) in [7, 11) is 0. The minimum atomic E-state index is 0.366. The quantitative estimate of drug-likeness (QED) is 0.821. The molecule has 2 heterocycles. The van der Waals surface area contributed by atoms with Crippen molar-refractivity contribution in [1.82, 2.24) is 20.3 Å². The fourth-order valence-corrected chi connectivity index (χ4v) is 2.75. The van der Waals surface area contributed by atoms with Gasteiger partial charge in [0.2, 0.25) is 0 Å². The highest BCUT2D eigenvalue weighted by Gasteiger charge is 2.27. The summed E-state index contributed by atoms with van der Waals surface area (Å²) in [6.07, 6.45) is 6.41. The minimum Gasteiger partial charge on any atom is -0.381 e. The molecule has 1 aliphatic heterocycles. The van der Waals surface area contributed by atoms with Crippen molar-refractivity contribution in [2.24, 2.45) is 5.92 Å². The average Bonchev–Trinajstić information content (AvgIpc) is 2.89. The van der Waals surface area contributed by atoms with Crippen LogP contribution < -0.4 is 5.32 Å². The number of hydrogen-bond acceptors (Lipinski definition) is 4. The highest BCUT2D eigenvalue weighted by Crippen LogP contribution is 2.29. The van der Waals surface area contributed by atoms with E-state index in [1.807, 2.05) is 6.20 Å². The Morgan fingerprint density at radius 3 is 2.84 bits per heavy atom. The second-order valence-electron chi connectivity index (χ2n) is 5.26. The van der Waals surface area contributed by atoms with Crippen LogP contribution in [0.5, 0.6) is 0 Å². The highest BCUT2D eigenvalue weighted by atomic mass is 16.5. The third kappa shape index (κ3) is 3.76. The highest BCUT2D eigenvalue weighted by molar-refractivity contribution is 5.05. The fourth-order valence-electron chi connectivity index (χ4n) is 2.75. The van der Waals surface area contributed by atoms with E-state index in [1.54, 1.807) is 0 Å². The Balaban J connectivity index is 2.12. The van der Waals surface area contributed by atoms with Gasteiger partial charge in [-0.2, -0.15) is 0 Å². The summed E-state index contributed by atoms with van der Waals surface area (Å²) >= 11 is 0. The number of nitrogens with zero attached hydrogens (tertiary/aromatic N) is 3. The van der Waals surface area contributed by atoms with Crippen LogP contribution in [0.1, 0.15) is 51.3 Å². The third-order valence-corrected chi connectivity index (χ3v) is 3.75. The van der Waals surface area contributed by atoms with Gasteiger partial charge in [-0.1, -0.05) is 19.1 Å². The first kappa shape index (κ1) is 14.5. The molecule has 1 aromatic rings. The Morgan fingerprint density at radius 2 is 2.16 bits per heavy atom. The van der Waals surface area contributed by atoms with Crippen LogP contribution >= 0.6 is 0 Å². The van der Waals surface area contributed by atoms with Crippen LogP contribution in [-0.4, -0.2) is 34.8 Å². The van der Waals surface area contributed by atoms with E-state index in [0.29, 0.717) is 12.0 Å². The summed E-state index contributed by atoms with van der Waals surface area (Å²) < 4.78 is 7.54. The maximum Gasteiger partial charge on any atom is 0.0759 e. The molecule has 1 atom stereocenters. The van der Waals surface area contributed by atoms with Gasteiger partial charge in [-0.25, -0.2) is 4.68 Å². The van der Waals surface area contributed by atoms with Crippen LogP contribution in [0.4, 0.5) is 0 Å². The molecular weight excluding hydrogens is 240 g/mol. The molecule has 1 saturated heterocycles. The first-order valence-electron chi connectivity index (χ1n) is 7.56. The zero-order valence-corrected chi connectivity index (χ0v) is 12.1. The summed E-state index contributed by atoms with van der Waals surface area (Å²) in [6, 6.07) is 0.366. The molecule has 0 saturated carbocycles. The minimum absolute atomic E-state index is 0.366. The van der Waals surface area contributed by atoms with Crippen LogP contribution in [0.15, 0.2) is 6.20 Å². The number of hydrogen-bond donors (Lipinski definition) is 1. The first-order chi connectivity index (χ1) is 9.36. The second-order valence-corrected chi connectivity index (χ2v) is 5.26. The number of nitrogens with one attached hydrogen (secondary N) is 1. The molecule has 1 aromatic heterocycles. The van der Waals surface area contributed by atoms with Crippen LogP contribution in [0.2, 0.25) is 0 Å². The van der Waals surface area contributed by atoms with Crippen LogP contribution in [0.25, 0.3) is 0 Å². The van der Waals surface area contributed by atoms with Crippen LogP contribution in [0, 0.1) is 5.92 Å². The summed E-state index contributed by atoms with van der Waals surface area (Å²) in [5, 5.41) is 12.0. The van der Waals surface area contributed by atoms with Crippen molar-refractivity contribution in [1.29, 1.82) is 0 Å². The predicted molar refractivity (Wildman–Crippen MR) is 74.9 cm³/mol. The molecule has 1 aliphatic rings. The van der Waals surface area contributed by atoms with Gasteiger partial charge >= 0.3 is 0 Å². The molecule has 0 aromatic carbocycles. The largest absolute Gasteiger partial charge is 0.381 e. The lowest BCUT2D eigenvalue weighted by Gasteiger charge is -2.31. The SMILES string of the molecule is CCCNC(c1cnnn1CCC)C1CCOCC1. The molecule has 19 heavy (non-hydrogen) atoms. The van der Waals surface area contributed by atoms with Crippen molar-refractivity contribution < 1.29 is 4.74 Å². The number of ether oxygens (including phenoxy) is 1. The van der Waals surface area contributed by atoms with Gasteiger partial charge in [0.1, 0.15) is 0 Å². The zero-order valence-electron chi connectivity index (χ0n) is 12.1. The molecule has 0 aliphatic carbocycles. The van der Waals surface area contributed by atoms with Crippen molar-refractivity contribution in [3.05, 3.63) is 11.9 Å². The molecule has 1 fully saturated rings. The Morgan fingerprint density at radius 1 is 1.37 bits per heavy atom. The Kier molecular flexibility index (Phi) is 5.79. The van der Waals surface area contributed by atoms with E-state index in [0.717, 1.165) is 52.0 Å². The number of rotatable bonds is 7. The molecule has 5 heteroatoms. The van der Waals surface area contributed by atoms with Gasteiger partial charge in [0.15, 0.2) is 0 Å². The number of aromatic nitrogens is 3. The van der Waals surface area contributed by atoms with E-state index in [4.69, 9.17) is 4.74 Å². The lowest BCUT2D eigenvalue weighted by atomic mass is 9.89. The molecule has 0 bridgehead atoms. The fraction of sp³-hybridized carbons (Fsp3) is 0.857. The van der Waals surface area contributed by atoms with E-state index in [9.17, 15) is 0 Å². The van der Waals surface area contributed by atoms with Gasteiger partial charge in [-0.05, 0) is 38.1 Å². The van der Waals surface area contributed by atoms with Crippen LogP contribution in [-0.2, 0) is 11.3 Å². The average molecular weight is 266 g/mol. The molecule has 5 nitrogen and oxygen atoms in total. The summed E-state index contributed by atoms with van der Waals surface area (Å²) in [5.41, 5.74) is 1.24. The smallest absolute Gasteiger partial charge is 0.0759 e. The topological polar surface area (TPSA) is 52.0 Å². The Hall–Kier alpha value is -0.940. The molecular formula is C14H26N4O. The van der Waals surface area contributed by atoms with Crippen molar-refractivity contribution in [3.63, 3.8) is 0 Å². The summed E-state index contributed by atoms with van der Waals surface area (Å²) in [6.45, 7) is 8.13. The summed E-state index contributed by atoms with van der Waals surface area (Å²) in [5.74, 6) is 0.634. The van der Waals surface area contributed by atoms with Gasteiger partial charge < -0.3 is 10.1 Å². The maximum absolute atomic E-state index is 5.48. The molecule has 1 N–H and O–H groups in total. The van der Waals surface area contributed by atoms with Crippen LogP contribution in [0.3, 0.4) is 0 Å². The molecule has 0 spiro atoms. The van der Waals surface area contributed by atoms with Crippen molar-refractivity contribution in [3.8, 4) is 0 Å². The first-order valence-corrected chi connectivity index (χ1v) is 7.56. The van der Waals surface area contributed by atoms with E-state index in [-0.39, 0.29) is 0 Å². The van der Waals surface area contributed by atoms with Crippen molar-refractivity contribution >= 4 is 0 Å². The van der Waals surface area contributed by atoms with E-state index in [1.165, 1.54) is 5.69 Å². The second kappa shape index (κ2) is 7.60. The molecule has 0 amide bonds. The molecule has 2 rings (SSSR count). The van der Waals surface area contributed by atoms with E-state index < -0.39 is 0 Å². The molecule has 108 valence electrons. The standard InChI is InChI=1S/C14H26N4O/c1-3-7-15-14(12-5-9-19-10-6-12)13-11-16-17-18(13)8-4-2/h11-12,14-15H,3-10H2,1-2H3. The van der Waals surface area contributed by atoms with Gasteiger partial charge in [0, 0.05) is 19.8 Å². The van der Waals surface area contributed by atoms with Crippen molar-refractivity contribution in [2.45, 2.75) is 52.1 Å². The van der Waals surface area contributed by atoms with Gasteiger partial charge in [0.05, 0.1) is 17.9 Å². The van der Waals surface area contributed by atoms with E-state index in [2.05, 4.69) is 34.2 Å². The Bertz CT molecular complexity index is 360. The predicted octanol–water partition coefficient (Wildman–Crippen LogP) is 2.16. The molecule has 1 unspecified atom stereocenters. The van der Waals surface area contributed by atoms with Gasteiger partial charge in [-0.3, -0.25) is 0 Å². The third-order valence-electron chi connectivity index (χ3n) is 3.75. The van der Waals surface area contributed by atoms with Crippen molar-refractivity contribution in [2.75, 3.05) is 19.8 Å². The lowest BCUT2D eigenvalue weighted by molar-refractivity contribution is 0.0524.